The summed E-state index contributed by atoms with van der Waals surface area (Å²) in [6.45, 7) is 6.16. The first-order valence-electron chi connectivity index (χ1n) is 6.18. The van der Waals surface area contributed by atoms with E-state index < -0.39 is 0 Å². The van der Waals surface area contributed by atoms with Crippen molar-refractivity contribution in [2.45, 2.75) is 63.1 Å². The summed E-state index contributed by atoms with van der Waals surface area (Å²) in [5.74, 6) is 0. The summed E-state index contributed by atoms with van der Waals surface area (Å²) in [6, 6.07) is 1.48. The molecule has 0 radical (unpaired) electrons. The van der Waals surface area contributed by atoms with Crippen LogP contribution in [0.4, 0.5) is 0 Å². The fraction of sp³-hybridized carbons (Fsp3) is 1.00. The lowest BCUT2D eigenvalue weighted by atomic mass is 10.0. The van der Waals surface area contributed by atoms with E-state index >= 15 is 0 Å². The maximum absolute atomic E-state index is 6.24. The quantitative estimate of drug-likeness (QED) is 0.690. The highest BCUT2D eigenvalue weighted by Crippen LogP contribution is 2.37. The van der Waals surface area contributed by atoms with Gasteiger partial charge in [-0.15, -0.1) is 11.6 Å². The molecular formula is C12H22ClNO. The molecule has 2 rings (SSSR count). The van der Waals surface area contributed by atoms with Gasteiger partial charge in [0.2, 0.25) is 0 Å². The molecule has 2 aliphatic heterocycles. The molecule has 2 nitrogen and oxygen atoms in total. The van der Waals surface area contributed by atoms with Crippen LogP contribution in [0.15, 0.2) is 0 Å². The molecule has 2 fully saturated rings. The molecule has 0 saturated carbocycles. The van der Waals surface area contributed by atoms with Gasteiger partial charge in [-0.2, -0.15) is 0 Å². The standard InChI is InChI=1S/C12H22ClNO/c1-9(2)15-6-5-14-11-3-4-12(14)8-10(13)7-11/h9-12H,3-8H2,1-2H3. The van der Waals surface area contributed by atoms with E-state index in [0.29, 0.717) is 11.5 Å². The molecule has 15 heavy (non-hydrogen) atoms. The first-order chi connectivity index (χ1) is 7.16. The summed E-state index contributed by atoms with van der Waals surface area (Å²) in [6.07, 6.45) is 5.40. The number of hydrogen-bond donors (Lipinski definition) is 0. The molecule has 0 aromatic carbocycles. The third-order valence-electron chi connectivity index (χ3n) is 3.63. The number of rotatable bonds is 4. The summed E-state index contributed by atoms with van der Waals surface area (Å²) in [7, 11) is 0. The summed E-state index contributed by atoms with van der Waals surface area (Å²) in [5, 5.41) is 0.421. The third-order valence-corrected chi connectivity index (χ3v) is 3.98. The van der Waals surface area contributed by atoms with Crippen LogP contribution >= 0.6 is 11.6 Å². The lowest BCUT2D eigenvalue weighted by Gasteiger charge is -2.36. The first-order valence-corrected chi connectivity index (χ1v) is 6.62. The van der Waals surface area contributed by atoms with Gasteiger partial charge in [-0.3, -0.25) is 4.90 Å². The fourth-order valence-corrected chi connectivity index (χ4v) is 3.38. The average Bonchev–Trinajstić information content (AvgIpc) is 2.42. The lowest BCUT2D eigenvalue weighted by Crippen LogP contribution is -2.45. The van der Waals surface area contributed by atoms with E-state index in [1.165, 1.54) is 25.7 Å². The van der Waals surface area contributed by atoms with Crippen LogP contribution < -0.4 is 0 Å². The van der Waals surface area contributed by atoms with E-state index in [0.717, 1.165) is 25.2 Å². The second kappa shape index (κ2) is 5.03. The Morgan fingerprint density at radius 1 is 1.27 bits per heavy atom. The summed E-state index contributed by atoms with van der Waals surface area (Å²) in [5.41, 5.74) is 0. The highest BCUT2D eigenvalue weighted by atomic mass is 35.5. The van der Waals surface area contributed by atoms with Crippen molar-refractivity contribution in [3.05, 3.63) is 0 Å². The molecule has 2 heterocycles. The first kappa shape index (κ1) is 11.7. The van der Waals surface area contributed by atoms with Crippen molar-refractivity contribution < 1.29 is 4.74 Å². The molecular weight excluding hydrogens is 210 g/mol. The van der Waals surface area contributed by atoms with E-state index in [1.54, 1.807) is 0 Å². The molecule has 0 spiro atoms. The van der Waals surface area contributed by atoms with Crippen LogP contribution in [0, 0.1) is 0 Å². The Morgan fingerprint density at radius 3 is 2.40 bits per heavy atom. The van der Waals surface area contributed by atoms with Crippen molar-refractivity contribution in [3.63, 3.8) is 0 Å². The summed E-state index contributed by atoms with van der Waals surface area (Å²) < 4.78 is 5.62. The van der Waals surface area contributed by atoms with Gasteiger partial charge in [0, 0.05) is 24.0 Å². The van der Waals surface area contributed by atoms with Gasteiger partial charge < -0.3 is 4.74 Å². The van der Waals surface area contributed by atoms with Gasteiger partial charge in [-0.1, -0.05) is 0 Å². The fourth-order valence-electron chi connectivity index (χ4n) is 2.97. The van der Waals surface area contributed by atoms with E-state index in [9.17, 15) is 0 Å². The van der Waals surface area contributed by atoms with Crippen molar-refractivity contribution in [3.8, 4) is 0 Å². The topological polar surface area (TPSA) is 12.5 Å². The Kier molecular flexibility index (Phi) is 3.92. The second-order valence-corrected chi connectivity index (χ2v) is 5.73. The van der Waals surface area contributed by atoms with Gasteiger partial charge in [-0.05, 0) is 39.5 Å². The molecule has 88 valence electrons. The van der Waals surface area contributed by atoms with Crippen molar-refractivity contribution in [1.29, 1.82) is 0 Å². The number of ether oxygens (including phenoxy) is 1. The van der Waals surface area contributed by atoms with Gasteiger partial charge in [0.1, 0.15) is 0 Å². The number of hydrogen-bond acceptors (Lipinski definition) is 2. The molecule has 3 heteroatoms. The Labute approximate surface area is 97.9 Å². The highest BCUT2D eigenvalue weighted by Gasteiger charge is 2.39. The van der Waals surface area contributed by atoms with E-state index in [4.69, 9.17) is 16.3 Å². The Morgan fingerprint density at radius 2 is 1.87 bits per heavy atom. The monoisotopic (exact) mass is 231 g/mol. The molecule has 0 amide bonds. The third kappa shape index (κ3) is 2.86. The zero-order valence-corrected chi connectivity index (χ0v) is 10.5. The molecule has 0 aliphatic carbocycles. The summed E-state index contributed by atoms with van der Waals surface area (Å²) >= 11 is 6.24. The van der Waals surface area contributed by atoms with Crippen LogP contribution in [0.3, 0.4) is 0 Å². The number of alkyl halides is 1. The van der Waals surface area contributed by atoms with Crippen molar-refractivity contribution in [2.75, 3.05) is 13.2 Å². The van der Waals surface area contributed by atoms with Crippen LogP contribution in [0.2, 0.25) is 0 Å². The number of halogens is 1. The van der Waals surface area contributed by atoms with Crippen molar-refractivity contribution in [1.82, 2.24) is 4.90 Å². The molecule has 2 unspecified atom stereocenters. The predicted octanol–water partition coefficient (Wildman–Crippen LogP) is 2.65. The van der Waals surface area contributed by atoms with Crippen LogP contribution in [0.25, 0.3) is 0 Å². The minimum Gasteiger partial charge on any atom is -0.377 e. The molecule has 2 saturated heterocycles. The van der Waals surface area contributed by atoms with Crippen LogP contribution in [0.1, 0.15) is 39.5 Å². The van der Waals surface area contributed by atoms with E-state index in [1.807, 2.05) is 0 Å². The molecule has 0 N–H and O–H groups in total. The van der Waals surface area contributed by atoms with Gasteiger partial charge in [-0.25, -0.2) is 0 Å². The van der Waals surface area contributed by atoms with Crippen LogP contribution in [-0.2, 0) is 4.74 Å². The zero-order valence-electron chi connectivity index (χ0n) is 9.79. The lowest BCUT2D eigenvalue weighted by molar-refractivity contribution is 0.0379. The molecule has 2 atom stereocenters. The largest absolute Gasteiger partial charge is 0.377 e. The van der Waals surface area contributed by atoms with E-state index in [2.05, 4.69) is 18.7 Å². The Hall–Kier alpha value is 0.210. The normalized spacial score (nSPS) is 36.4. The second-order valence-electron chi connectivity index (χ2n) is 5.11. The van der Waals surface area contributed by atoms with Gasteiger partial charge in [0.15, 0.2) is 0 Å². The highest BCUT2D eigenvalue weighted by molar-refractivity contribution is 6.20. The number of nitrogens with zero attached hydrogens (tertiary/aromatic N) is 1. The molecule has 0 aromatic heterocycles. The van der Waals surface area contributed by atoms with E-state index in [-0.39, 0.29) is 0 Å². The SMILES string of the molecule is CC(C)OCCN1C2CCC1CC(Cl)C2. The number of fused-ring (bicyclic) bond motifs is 2. The summed E-state index contributed by atoms with van der Waals surface area (Å²) in [4.78, 5) is 2.63. The maximum Gasteiger partial charge on any atom is 0.0597 e. The van der Waals surface area contributed by atoms with Crippen LogP contribution in [-0.4, -0.2) is 41.6 Å². The maximum atomic E-state index is 6.24. The molecule has 0 aromatic rings. The zero-order chi connectivity index (χ0) is 10.8. The predicted molar refractivity (Wildman–Crippen MR) is 63.5 cm³/mol. The van der Waals surface area contributed by atoms with Crippen LogP contribution in [0.5, 0.6) is 0 Å². The van der Waals surface area contributed by atoms with Gasteiger partial charge in [0.25, 0.3) is 0 Å². The minimum atomic E-state index is 0.355. The number of piperidine rings is 1. The Balaban J connectivity index is 1.78. The minimum absolute atomic E-state index is 0.355. The average molecular weight is 232 g/mol. The van der Waals surface area contributed by atoms with Crippen molar-refractivity contribution in [2.24, 2.45) is 0 Å². The van der Waals surface area contributed by atoms with Gasteiger partial charge >= 0.3 is 0 Å². The van der Waals surface area contributed by atoms with Crippen molar-refractivity contribution >= 4 is 11.6 Å². The Bertz CT molecular complexity index is 196. The van der Waals surface area contributed by atoms with Gasteiger partial charge in [0.05, 0.1) is 12.7 Å². The smallest absolute Gasteiger partial charge is 0.0597 e. The molecule has 2 bridgehead atoms. The molecule has 2 aliphatic rings.